The standard InChI is InChI=1S/C55H82N16O13/c1-30(2)20-37(46(57)76)65-49(79)39(22-32-10-6-5-7-11-32)67-51(81)42(27-72)69-50(80)40(24-34-25-60-29-63-34)64-45(75)26-62-48(78)38(23-33-14-16-35(74)17-15-33)66-52(82)43(28-73)70-53(83)44-13-9-19-71(44)54(84)41(21-31(3)4)68-47(77)36(56)12-8-18-61-55(58)59/h5-7,10-11,14-17,25,29-31,36-44,72-74H,8-9,12-13,18-24,26-28,56H2,1-4H3,(H2,57,76)(H,60,63)(H,62,78)(H,64,75)(H,65,79)(H,66,82)(H,67,81)(H,68,77)(H,69,80)(H,70,83)(H4,58,59,61)/t36-,37-,38-,39-,40-,41-,42-,43-,44-/m0/s1. The lowest BCUT2D eigenvalue weighted by Gasteiger charge is -2.31. The second kappa shape index (κ2) is 34.0. The lowest BCUT2D eigenvalue weighted by molar-refractivity contribution is -0.143. The van der Waals surface area contributed by atoms with E-state index in [-0.39, 0.29) is 81.6 Å². The molecule has 2 heterocycles. The maximum atomic E-state index is 14.1. The summed E-state index contributed by atoms with van der Waals surface area (Å²) >= 11 is 0. The minimum Gasteiger partial charge on any atom is -0.508 e. The van der Waals surface area contributed by atoms with E-state index in [2.05, 4.69) is 57.5 Å². The third-order valence-corrected chi connectivity index (χ3v) is 13.4. The Balaban J connectivity index is 1.46. The molecule has 1 saturated heterocycles. The third-order valence-electron chi connectivity index (χ3n) is 13.4. The molecule has 2 aromatic carbocycles. The predicted molar refractivity (Wildman–Crippen MR) is 306 cm³/mol. The van der Waals surface area contributed by atoms with Gasteiger partial charge in [-0.15, -0.1) is 0 Å². The summed E-state index contributed by atoms with van der Waals surface area (Å²) in [5.74, 6) is -8.72. The first kappa shape index (κ1) is 67.8. The Morgan fingerprint density at radius 1 is 0.655 bits per heavy atom. The summed E-state index contributed by atoms with van der Waals surface area (Å²) in [6, 6.07) is 2.30. The smallest absolute Gasteiger partial charge is 0.245 e. The number of hydrogen-bond acceptors (Lipinski definition) is 16. The van der Waals surface area contributed by atoms with Gasteiger partial charge in [-0.2, -0.15) is 0 Å². The zero-order chi connectivity index (χ0) is 62.0. The molecule has 29 nitrogen and oxygen atoms in total. The number of benzene rings is 2. The van der Waals surface area contributed by atoms with Crippen LogP contribution in [0.3, 0.4) is 0 Å². The van der Waals surface area contributed by atoms with Crippen molar-refractivity contribution < 1.29 is 63.3 Å². The van der Waals surface area contributed by atoms with E-state index < -0.39 is 133 Å². The zero-order valence-electron chi connectivity index (χ0n) is 47.7. The Labute approximate surface area is 486 Å². The van der Waals surface area contributed by atoms with Gasteiger partial charge in [-0.1, -0.05) is 70.2 Å². The average Bonchev–Trinajstić information content (AvgIpc) is 4.24. The highest BCUT2D eigenvalue weighted by molar-refractivity contribution is 5.98. The Morgan fingerprint density at radius 2 is 1.18 bits per heavy atom. The summed E-state index contributed by atoms with van der Waals surface area (Å²) in [7, 11) is 0. The minimum atomic E-state index is -1.69. The van der Waals surface area contributed by atoms with Crippen molar-refractivity contribution in [2.75, 3.05) is 32.8 Å². The molecule has 9 atom stereocenters. The van der Waals surface area contributed by atoms with Crippen molar-refractivity contribution in [1.29, 1.82) is 0 Å². The number of nitrogens with zero attached hydrogens (tertiary/aromatic N) is 3. The number of aromatic hydroxyl groups is 1. The summed E-state index contributed by atoms with van der Waals surface area (Å²) in [5, 5.41) is 50.9. The molecule has 0 saturated carbocycles. The van der Waals surface area contributed by atoms with Crippen LogP contribution in [0.4, 0.5) is 0 Å². The van der Waals surface area contributed by atoms with Crippen LogP contribution in [-0.4, -0.2) is 182 Å². The number of likely N-dealkylation sites (tertiary alicyclic amines) is 1. The Bertz CT molecular complexity index is 2710. The van der Waals surface area contributed by atoms with Crippen molar-refractivity contribution in [2.45, 2.75) is 140 Å². The molecule has 20 N–H and O–H groups in total. The fraction of sp³-hybridized carbons (Fsp3) is 0.527. The Kier molecular flexibility index (Phi) is 27.5. The van der Waals surface area contributed by atoms with E-state index in [4.69, 9.17) is 22.9 Å². The molecule has 0 unspecified atom stereocenters. The van der Waals surface area contributed by atoms with Crippen molar-refractivity contribution in [1.82, 2.24) is 57.4 Å². The number of nitrogens with two attached hydrogens (primary N) is 4. The molecule has 0 spiro atoms. The maximum Gasteiger partial charge on any atom is 0.245 e. The number of phenolic OH excluding ortho intramolecular Hbond substituents is 1. The van der Waals surface area contributed by atoms with Crippen LogP contribution in [0.25, 0.3) is 0 Å². The van der Waals surface area contributed by atoms with Gasteiger partial charge in [-0.25, -0.2) is 4.98 Å². The fourth-order valence-corrected chi connectivity index (χ4v) is 9.09. The van der Waals surface area contributed by atoms with Crippen molar-refractivity contribution in [3.8, 4) is 5.75 Å². The maximum absolute atomic E-state index is 14.1. The van der Waals surface area contributed by atoms with Gasteiger partial charge in [0.25, 0.3) is 0 Å². The van der Waals surface area contributed by atoms with Crippen molar-refractivity contribution in [2.24, 2.45) is 39.8 Å². The molecule has 4 rings (SSSR count). The van der Waals surface area contributed by atoms with Crippen LogP contribution in [0.1, 0.15) is 83.0 Å². The van der Waals surface area contributed by atoms with E-state index >= 15 is 0 Å². The van der Waals surface area contributed by atoms with Gasteiger partial charge in [0.1, 0.15) is 54.1 Å². The van der Waals surface area contributed by atoms with Gasteiger partial charge >= 0.3 is 0 Å². The molecular weight excluding hydrogens is 1090 g/mol. The summed E-state index contributed by atoms with van der Waals surface area (Å²) < 4.78 is 0. The second-order valence-electron chi connectivity index (χ2n) is 21.3. The highest BCUT2D eigenvalue weighted by Gasteiger charge is 2.40. The van der Waals surface area contributed by atoms with Crippen LogP contribution in [0.2, 0.25) is 0 Å². The second-order valence-corrected chi connectivity index (χ2v) is 21.3. The molecule has 0 bridgehead atoms. The first-order valence-electron chi connectivity index (χ1n) is 27.7. The minimum absolute atomic E-state index is 0.0379. The highest BCUT2D eigenvalue weighted by atomic mass is 16.3. The van der Waals surface area contributed by atoms with Gasteiger partial charge in [0.05, 0.1) is 32.1 Å². The molecule has 1 aliphatic rings. The fourth-order valence-electron chi connectivity index (χ4n) is 9.09. The van der Waals surface area contributed by atoms with Gasteiger partial charge in [-0.3, -0.25) is 52.9 Å². The Hall–Kier alpha value is -8.70. The number of phenols is 1. The molecule has 29 heteroatoms. The number of aliphatic imine (C=N–C) groups is 1. The summed E-state index contributed by atoms with van der Waals surface area (Å²) in [6.45, 7) is 5.00. The number of hydrogen-bond donors (Lipinski definition) is 16. The van der Waals surface area contributed by atoms with Crippen LogP contribution in [-0.2, 0) is 67.2 Å². The molecule has 84 heavy (non-hydrogen) atoms. The average molecular weight is 1180 g/mol. The van der Waals surface area contributed by atoms with E-state index in [1.165, 1.54) is 41.7 Å². The number of amides is 10. The molecule has 1 aliphatic heterocycles. The molecule has 0 aliphatic carbocycles. The molecule has 460 valence electrons. The summed E-state index contributed by atoms with van der Waals surface area (Å²) in [4.78, 5) is 148. The first-order valence-corrected chi connectivity index (χ1v) is 27.7. The normalized spacial score (nSPS) is 15.8. The number of imidazole rings is 1. The predicted octanol–water partition coefficient (Wildman–Crippen LogP) is -4.41. The van der Waals surface area contributed by atoms with E-state index in [0.29, 0.717) is 29.7 Å². The monoisotopic (exact) mass is 1170 g/mol. The number of aromatic amines is 1. The molecule has 1 fully saturated rings. The van der Waals surface area contributed by atoms with E-state index in [9.17, 15) is 63.3 Å². The largest absolute Gasteiger partial charge is 0.508 e. The number of aromatic nitrogens is 2. The van der Waals surface area contributed by atoms with Crippen LogP contribution >= 0.6 is 0 Å². The number of H-pyrrole nitrogens is 1. The van der Waals surface area contributed by atoms with E-state index in [1.54, 1.807) is 30.3 Å². The lowest BCUT2D eigenvalue weighted by atomic mass is 10.0. The number of primary amides is 1. The number of carbonyl (C=O) groups excluding carboxylic acids is 10. The van der Waals surface area contributed by atoms with Crippen LogP contribution in [0.15, 0.2) is 72.1 Å². The van der Waals surface area contributed by atoms with Gasteiger partial charge in [0.15, 0.2) is 5.96 Å². The molecule has 3 aromatic rings. The van der Waals surface area contributed by atoms with Crippen molar-refractivity contribution >= 4 is 65.0 Å². The molecule has 1 aromatic heterocycles. The van der Waals surface area contributed by atoms with Gasteiger partial charge < -0.3 is 90.7 Å². The highest BCUT2D eigenvalue weighted by Crippen LogP contribution is 2.21. The van der Waals surface area contributed by atoms with Gasteiger partial charge in [0, 0.05) is 44.2 Å². The van der Waals surface area contributed by atoms with E-state index in [0.717, 1.165) is 0 Å². The van der Waals surface area contributed by atoms with Gasteiger partial charge in [-0.05, 0) is 73.6 Å². The number of aliphatic hydroxyl groups excluding tert-OH is 2. The van der Waals surface area contributed by atoms with Crippen molar-refractivity contribution in [3.63, 3.8) is 0 Å². The molecular formula is C55H82N16O13. The number of aliphatic hydroxyl groups is 2. The number of rotatable bonds is 34. The van der Waals surface area contributed by atoms with Gasteiger partial charge in [0.2, 0.25) is 59.1 Å². The first-order chi connectivity index (χ1) is 39.9. The van der Waals surface area contributed by atoms with Crippen molar-refractivity contribution in [3.05, 3.63) is 83.9 Å². The molecule has 0 radical (unpaired) electrons. The topological polar surface area (TPSA) is 476 Å². The van der Waals surface area contributed by atoms with Crippen LogP contribution in [0.5, 0.6) is 5.75 Å². The lowest BCUT2D eigenvalue weighted by Crippen LogP contribution is -2.60. The van der Waals surface area contributed by atoms with Crippen LogP contribution < -0.4 is 65.5 Å². The summed E-state index contributed by atoms with van der Waals surface area (Å²) in [5.41, 5.74) is 23.8. The van der Waals surface area contributed by atoms with E-state index in [1.807, 2.05) is 27.7 Å². The number of guanidine groups is 1. The third kappa shape index (κ3) is 22.6. The van der Waals surface area contributed by atoms with Crippen LogP contribution in [0, 0.1) is 11.8 Å². The number of nitrogens with one attached hydrogen (secondary N) is 9. The summed E-state index contributed by atoms with van der Waals surface area (Å²) in [6.07, 6.45) is 3.72. The zero-order valence-corrected chi connectivity index (χ0v) is 47.7. The SMILES string of the molecule is CC(C)C[C@H](NC(=O)[C@H](Cc1ccccc1)NC(=O)[C@H](CO)NC(=O)[C@H](Cc1cnc[nH]1)NC(=O)CNC(=O)[C@H](Cc1ccc(O)cc1)NC(=O)[C@H](CO)NC(=O)[C@@H]1CCCN1C(=O)[C@H](CC(C)C)NC(=O)[C@@H](N)CCCN=C(N)N)C(N)=O. The quantitative estimate of drug-likeness (QED) is 0.0152. The number of carbonyl (C=O) groups is 10. The molecule has 10 amide bonds. The Morgan fingerprint density at radius 3 is 1.74 bits per heavy atom.